The van der Waals surface area contributed by atoms with E-state index in [1.54, 1.807) is 60.7 Å². The van der Waals surface area contributed by atoms with Crippen molar-refractivity contribution in [1.82, 2.24) is 4.90 Å². The molecule has 0 saturated carbocycles. The average Bonchev–Trinajstić information content (AvgIpc) is 3.13. The first-order valence-electron chi connectivity index (χ1n) is 11.3. The molecule has 1 heterocycles. The smallest absolute Gasteiger partial charge is 0.294 e. The van der Waals surface area contributed by atoms with E-state index in [1.165, 1.54) is 12.1 Å². The van der Waals surface area contributed by atoms with Gasteiger partial charge in [-0.3, -0.25) is 19.3 Å². The molecular formula is C27H22BrFN2O5S. The van der Waals surface area contributed by atoms with Crippen LogP contribution < -0.4 is 14.8 Å². The van der Waals surface area contributed by atoms with Crippen molar-refractivity contribution in [2.45, 2.75) is 13.5 Å². The molecule has 1 saturated heterocycles. The summed E-state index contributed by atoms with van der Waals surface area (Å²) >= 11 is 4.16. The molecule has 0 bridgehead atoms. The largest absolute Gasteiger partial charge is 0.494 e. The van der Waals surface area contributed by atoms with Gasteiger partial charge in [-0.15, -0.1) is 0 Å². The lowest BCUT2D eigenvalue weighted by molar-refractivity contribution is -0.127. The van der Waals surface area contributed by atoms with E-state index in [-0.39, 0.29) is 17.3 Å². The Bertz CT molecular complexity index is 1350. The Morgan fingerprint density at radius 2 is 1.78 bits per heavy atom. The molecule has 1 fully saturated rings. The maximum absolute atomic E-state index is 13.2. The van der Waals surface area contributed by atoms with Crippen molar-refractivity contribution in [1.29, 1.82) is 0 Å². The van der Waals surface area contributed by atoms with Crippen LogP contribution in [0.2, 0.25) is 0 Å². The molecule has 190 valence electrons. The first kappa shape index (κ1) is 26.4. The van der Waals surface area contributed by atoms with Gasteiger partial charge in [0.2, 0.25) is 5.91 Å². The molecule has 3 amide bonds. The van der Waals surface area contributed by atoms with Crippen molar-refractivity contribution in [3.05, 3.63) is 93.1 Å². The molecule has 37 heavy (non-hydrogen) atoms. The van der Waals surface area contributed by atoms with E-state index in [9.17, 15) is 18.8 Å². The van der Waals surface area contributed by atoms with Crippen LogP contribution in [-0.4, -0.2) is 35.1 Å². The Balaban J connectivity index is 1.44. The number of ether oxygens (including phenoxy) is 2. The van der Waals surface area contributed by atoms with Crippen molar-refractivity contribution in [2.24, 2.45) is 0 Å². The zero-order chi connectivity index (χ0) is 26.4. The van der Waals surface area contributed by atoms with Gasteiger partial charge in [-0.05, 0) is 84.9 Å². The second-order valence-electron chi connectivity index (χ2n) is 7.87. The summed E-state index contributed by atoms with van der Waals surface area (Å²) in [5, 5.41) is 2.14. The zero-order valence-corrected chi connectivity index (χ0v) is 22.1. The number of amides is 3. The predicted molar refractivity (Wildman–Crippen MR) is 144 cm³/mol. The number of carbonyl (C=O) groups is 3. The maximum atomic E-state index is 13.2. The van der Waals surface area contributed by atoms with Crippen LogP contribution in [0.15, 0.2) is 76.1 Å². The molecule has 3 aromatic rings. The molecule has 4 rings (SSSR count). The highest BCUT2D eigenvalue weighted by Gasteiger charge is 2.36. The van der Waals surface area contributed by atoms with E-state index in [2.05, 4.69) is 21.2 Å². The third-order valence-corrected chi connectivity index (χ3v) is 6.59. The minimum Gasteiger partial charge on any atom is -0.494 e. The normalized spacial score (nSPS) is 14.2. The van der Waals surface area contributed by atoms with Crippen LogP contribution in [0.5, 0.6) is 11.5 Å². The van der Waals surface area contributed by atoms with E-state index in [0.29, 0.717) is 29.4 Å². The summed E-state index contributed by atoms with van der Waals surface area (Å²) in [4.78, 5) is 39.1. The first-order valence-corrected chi connectivity index (χ1v) is 12.9. The molecule has 10 heteroatoms. The third kappa shape index (κ3) is 6.99. The fourth-order valence-electron chi connectivity index (χ4n) is 3.43. The lowest BCUT2D eigenvalue weighted by atomic mass is 10.1. The summed E-state index contributed by atoms with van der Waals surface area (Å²) in [6.45, 7) is 2.18. The number of thioether (sulfide) groups is 1. The molecule has 0 atom stereocenters. The van der Waals surface area contributed by atoms with E-state index < -0.39 is 23.6 Å². The standard InChI is InChI=1S/C27H22BrFN2O5S/c1-2-35-22-10-8-21(9-11-22)30-25(32)15-31-26(33)24(37-27(31)34)14-18-13-19(28)5-12-23(18)36-16-17-3-6-20(29)7-4-17/h3-14H,2,15-16H2,1H3,(H,30,32)/b24-14+. The van der Waals surface area contributed by atoms with Gasteiger partial charge in [0.15, 0.2) is 0 Å². The second-order valence-corrected chi connectivity index (χ2v) is 9.78. The molecular weight excluding hydrogens is 563 g/mol. The zero-order valence-electron chi connectivity index (χ0n) is 19.7. The van der Waals surface area contributed by atoms with E-state index in [1.807, 2.05) is 6.92 Å². The van der Waals surface area contributed by atoms with Crippen molar-refractivity contribution >= 4 is 56.5 Å². The van der Waals surface area contributed by atoms with Gasteiger partial charge in [0, 0.05) is 15.7 Å². The number of hydrogen-bond acceptors (Lipinski definition) is 6. The summed E-state index contributed by atoms with van der Waals surface area (Å²) in [6, 6.07) is 18.0. The van der Waals surface area contributed by atoms with Crippen LogP contribution >= 0.6 is 27.7 Å². The Morgan fingerprint density at radius 1 is 1.05 bits per heavy atom. The van der Waals surface area contributed by atoms with Crippen LogP contribution in [0, 0.1) is 5.82 Å². The van der Waals surface area contributed by atoms with Gasteiger partial charge in [0.05, 0.1) is 11.5 Å². The van der Waals surface area contributed by atoms with Gasteiger partial charge in [-0.25, -0.2) is 4.39 Å². The minimum absolute atomic E-state index is 0.170. The number of halogens is 2. The highest BCUT2D eigenvalue weighted by Crippen LogP contribution is 2.35. The number of nitrogens with zero attached hydrogens (tertiary/aromatic N) is 1. The average molecular weight is 585 g/mol. The molecule has 0 aromatic heterocycles. The fourth-order valence-corrected chi connectivity index (χ4v) is 4.64. The minimum atomic E-state index is -0.568. The molecule has 1 aliphatic rings. The van der Waals surface area contributed by atoms with E-state index in [0.717, 1.165) is 26.7 Å². The van der Waals surface area contributed by atoms with E-state index in [4.69, 9.17) is 9.47 Å². The predicted octanol–water partition coefficient (Wildman–Crippen LogP) is 6.24. The second kappa shape index (κ2) is 12.1. The van der Waals surface area contributed by atoms with Gasteiger partial charge >= 0.3 is 0 Å². The highest BCUT2D eigenvalue weighted by molar-refractivity contribution is 9.10. The van der Waals surface area contributed by atoms with Crippen molar-refractivity contribution in [3.8, 4) is 11.5 Å². The topological polar surface area (TPSA) is 84.9 Å². The number of carbonyl (C=O) groups excluding carboxylic acids is 3. The molecule has 0 aliphatic carbocycles. The van der Waals surface area contributed by atoms with Crippen molar-refractivity contribution in [2.75, 3.05) is 18.5 Å². The molecule has 3 aromatic carbocycles. The molecule has 0 radical (unpaired) electrons. The summed E-state index contributed by atoms with van der Waals surface area (Å²) in [7, 11) is 0. The van der Waals surface area contributed by atoms with Crippen LogP contribution in [-0.2, 0) is 16.2 Å². The van der Waals surface area contributed by atoms with Crippen LogP contribution in [0.4, 0.5) is 14.9 Å². The molecule has 1 aliphatic heterocycles. The summed E-state index contributed by atoms with van der Waals surface area (Å²) in [5.41, 5.74) is 1.86. The molecule has 1 N–H and O–H groups in total. The summed E-state index contributed by atoms with van der Waals surface area (Å²) in [6.07, 6.45) is 1.56. The monoisotopic (exact) mass is 584 g/mol. The fraction of sp³-hybridized carbons (Fsp3) is 0.148. The van der Waals surface area contributed by atoms with Gasteiger partial charge in [-0.1, -0.05) is 28.1 Å². The van der Waals surface area contributed by atoms with Gasteiger partial charge in [-0.2, -0.15) is 0 Å². The molecule has 0 spiro atoms. The quantitative estimate of drug-likeness (QED) is 0.300. The Kier molecular flexibility index (Phi) is 8.62. The van der Waals surface area contributed by atoms with Gasteiger partial charge in [0.1, 0.15) is 30.5 Å². The number of rotatable bonds is 9. The van der Waals surface area contributed by atoms with Crippen LogP contribution in [0.1, 0.15) is 18.1 Å². The number of anilines is 1. The summed E-state index contributed by atoms with van der Waals surface area (Å²) in [5.74, 6) is -0.255. The lowest BCUT2D eigenvalue weighted by Gasteiger charge is -2.13. The SMILES string of the molecule is CCOc1ccc(NC(=O)CN2C(=O)S/C(=C/c3cc(Br)ccc3OCc3ccc(F)cc3)C2=O)cc1. The number of nitrogens with one attached hydrogen (secondary N) is 1. The molecule has 0 unspecified atom stereocenters. The van der Waals surface area contributed by atoms with Crippen molar-refractivity contribution in [3.63, 3.8) is 0 Å². The van der Waals surface area contributed by atoms with Crippen LogP contribution in [0.25, 0.3) is 6.08 Å². The summed E-state index contributed by atoms with van der Waals surface area (Å²) < 4.78 is 25.2. The number of hydrogen-bond donors (Lipinski definition) is 1. The highest BCUT2D eigenvalue weighted by atomic mass is 79.9. The Hall–Kier alpha value is -3.63. The van der Waals surface area contributed by atoms with E-state index >= 15 is 0 Å². The lowest BCUT2D eigenvalue weighted by Crippen LogP contribution is -2.36. The van der Waals surface area contributed by atoms with Crippen molar-refractivity contribution < 1.29 is 28.2 Å². The number of imide groups is 1. The van der Waals surface area contributed by atoms with Gasteiger partial charge in [0.25, 0.3) is 11.1 Å². The maximum Gasteiger partial charge on any atom is 0.294 e. The Labute approximate surface area is 225 Å². The third-order valence-electron chi connectivity index (χ3n) is 5.19. The molecule has 7 nitrogen and oxygen atoms in total. The Morgan fingerprint density at radius 3 is 2.49 bits per heavy atom. The van der Waals surface area contributed by atoms with Crippen LogP contribution in [0.3, 0.4) is 0 Å². The van der Waals surface area contributed by atoms with Gasteiger partial charge < -0.3 is 14.8 Å². The number of benzene rings is 3. The first-order chi connectivity index (χ1) is 17.8.